The largest absolute Gasteiger partial charge is 0.378 e. The molecule has 0 aliphatic rings. The summed E-state index contributed by atoms with van der Waals surface area (Å²) in [5.74, 6) is -3.60. The smallest absolute Gasteiger partial charge is 0.182 e. The first-order valence-electron chi connectivity index (χ1n) is 5.61. The molecule has 0 saturated carbocycles. The van der Waals surface area contributed by atoms with Gasteiger partial charge in [-0.2, -0.15) is 0 Å². The van der Waals surface area contributed by atoms with Gasteiger partial charge in [0.05, 0.1) is 5.69 Å². The lowest BCUT2D eigenvalue weighted by Crippen LogP contribution is -2.04. The van der Waals surface area contributed by atoms with Crippen LogP contribution in [0, 0.1) is 30.2 Å². The Balaban J connectivity index is 2.16. The first kappa shape index (κ1) is 13.4. The summed E-state index contributed by atoms with van der Waals surface area (Å²) in [5.41, 5.74) is 0.868. The molecule has 0 amide bonds. The normalized spacial score (nSPS) is 10.6. The van der Waals surface area contributed by atoms with Crippen molar-refractivity contribution in [1.82, 2.24) is 0 Å². The van der Waals surface area contributed by atoms with Crippen molar-refractivity contribution in [2.24, 2.45) is 0 Å². The minimum absolute atomic E-state index is 0.140. The van der Waals surface area contributed by atoms with Gasteiger partial charge in [0.25, 0.3) is 0 Å². The van der Waals surface area contributed by atoms with Gasteiger partial charge in [0.2, 0.25) is 0 Å². The Morgan fingerprint density at radius 3 is 2.37 bits per heavy atom. The van der Waals surface area contributed by atoms with Gasteiger partial charge in [0, 0.05) is 18.7 Å². The van der Waals surface area contributed by atoms with Crippen LogP contribution in [0.3, 0.4) is 0 Å². The summed E-state index contributed by atoms with van der Waals surface area (Å²) in [4.78, 5) is 0. The SMILES string of the molecule is Cc1cc(CNc2cc(F)cc(F)c2F)ccc1F. The van der Waals surface area contributed by atoms with E-state index in [0.717, 1.165) is 6.07 Å². The molecule has 1 nitrogen and oxygen atoms in total. The van der Waals surface area contributed by atoms with E-state index in [9.17, 15) is 17.6 Å². The van der Waals surface area contributed by atoms with E-state index in [4.69, 9.17) is 0 Å². The van der Waals surface area contributed by atoms with Crippen molar-refractivity contribution in [3.63, 3.8) is 0 Å². The number of aryl methyl sites for hydroxylation is 1. The Bertz CT molecular complexity index is 611. The van der Waals surface area contributed by atoms with E-state index in [2.05, 4.69) is 5.32 Å². The average Bonchev–Trinajstić information content (AvgIpc) is 2.36. The maximum Gasteiger partial charge on any atom is 0.182 e. The van der Waals surface area contributed by atoms with Crippen molar-refractivity contribution in [2.75, 3.05) is 5.32 Å². The first-order valence-corrected chi connectivity index (χ1v) is 5.61. The Hall–Kier alpha value is -2.04. The third-order valence-electron chi connectivity index (χ3n) is 2.70. The number of hydrogen-bond donors (Lipinski definition) is 1. The van der Waals surface area contributed by atoms with Crippen LogP contribution in [0.4, 0.5) is 23.2 Å². The van der Waals surface area contributed by atoms with E-state index in [1.807, 2.05) is 0 Å². The fraction of sp³-hybridized carbons (Fsp3) is 0.143. The predicted octanol–water partition coefficient (Wildman–Crippen LogP) is 4.16. The highest BCUT2D eigenvalue weighted by Gasteiger charge is 2.10. The molecule has 0 heterocycles. The van der Waals surface area contributed by atoms with Crippen LogP contribution in [0.2, 0.25) is 0 Å². The van der Waals surface area contributed by atoms with Crippen molar-refractivity contribution in [3.8, 4) is 0 Å². The molecule has 2 rings (SSSR count). The monoisotopic (exact) mass is 269 g/mol. The standard InChI is InChI=1S/C14H11F4N/c1-8-4-9(2-3-11(8)16)7-19-13-6-10(15)5-12(17)14(13)18/h2-6,19H,7H2,1H3. The maximum atomic E-state index is 13.4. The summed E-state index contributed by atoms with van der Waals surface area (Å²) in [6, 6.07) is 5.73. The van der Waals surface area contributed by atoms with Gasteiger partial charge in [0.15, 0.2) is 11.6 Å². The molecule has 0 aliphatic heterocycles. The molecule has 0 unspecified atom stereocenters. The zero-order chi connectivity index (χ0) is 14.0. The molecule has 0 spiro atoms. The van der Waals surface area contributed by atoms with E-state index in [0.29, 0.717) is 17.2 Å². The number of hydrogen-bond acceptors (Lipinski definition) is 1. The molecule has 0 aromatic heterocycles. The molecule has 19 heavy (non-hydrogen) atoms. The van der Waals surface area contributed by atoms with Crippen molar-refractivity contribution >= 4 is 5.69 Å². The third kappa shape index (κ3) is 3.05. The number of anilines is 1. The highest BCUT2D eigenvalue weighted by Crippen LogP contribution is 2.20. The van der Waals surface area contributed by atoms with Crippen LogP contribution in [0.5, 0.6) is 0 Å². The molecule has 0 fully saturated rings. The van der Waals surface area contributed by atoms with Crippen LogP contribution in [-0.4, -0.2) is 0 Å². The Labute approximate surface area is 107 Å². The second-order valence-electron chi connectivity index (χ2n) is 4.19. The van der Waals surface area contributed by atoms with Gasteiger partial charge >= 0.3 is 0 Å². The molecule has 0 saturated heterocycles. The lowest BCUT2D eigenvalue weighted by Gasteiger charge is -2.09. The van der Waals surface area contributed by atoms with E-state index in [1.165, 1.54) is 12.1 Å². The summed E-state index contributed by atoms with van der Waals surface area (Å²) >= 11 is 0. The zero-order valence-corrected chi connectivity index (χ0v) is 10.1. The predicted molar refractivity (Wildman–Crippen MR) is 64.8 cm³/mol. The van der Waals surface area contributed by atoms with Gasteiger partial charge in [-0.3, -0.25) is 0 Å². The van der Waals surface area contributed by atoms with E-state index < -0.39 is 17.5 Å². The summed E-state index contributed by atoms with van der Waals surface area (Å²) in [6.07, 6.45) is 0. The Kier molecular flexibility index (Phi) is 3.74. The molecule has 2 aromatic rings. The highest BCUT2D eigenvalue weighted by atomic mass is 19.2. The second-order valence-corrected chi connectivity index (χ2v) is 4.19. The Morgan fingerprint density at radius 2 is 1.68 bits per heavy atom. The Morgan fingerprint density at radius 1 is 0.947 bits per heavy atom. The molecular weight excluding hydrogens is 258 g/mol. The zero-order valence-electron chi connectivity index (χ0n) is 10.1. The average molecular weight is 269 g/mol. The van der Waals surface area contributed by atoms with E-state index in [1.54, 1.807) is 13.0 Å². The molecular formula is C14H11F4N. The van der Waals surface area contributed by atoms with E-state index >= 15 is 0 Å². The fourth-order valence-corrected chi connectivity index (χ4v) is 1.70. The third-order valence-corrected chi connectivity index (χ3v) is 2.70. The fourth-order valence-electron chi connectivity index (χ4n) is 1.70. The molecule has 0 bridgehead atoms. The van der Waals surface area contributed by atoms with Gasteiger partial charge in [-0.1, -0.05) is 12.1 Å². The maximum absolute atomic E-state index is 13.4. The number of benzene rings is 2. The van der Waals surface area contributed by atoms with E-state index in [-0.39, 0.29) is 18.0 Å². The van der Waals surface area contributed by atoms with Gasteiger partial charge in [-0.05, 0) is 24.1 Å². The quantitative estimate of drug-likeness (QED) is 0.651. The molecule has 0 radical (unpaired) electrons. The molecule has 2 aromatic carbocycles. The lowest BCUT2D eigenvalue weighted by molar-refractivity contribution is 0.497. The molecule has 100 valence electrons. The molecule has 0 atom stereocenters. The number of nitrogens with one attached hydrogen (secondary N) is 1. The second kappa shape index (κ2) is 5.30. The van der Waals surface area contributed by atoms with Crippen LogP contribution in [-0.2, 0) is 6.54 Å². The van der Waals surface area contributed by atoms with Gasteiger partial charge in [0.1, 0.15) is 11.6 Å². The number of rotatable bonds is 3. The topological polar surface area (TPSA) is 12.0 Å². The molecule has 5 heteroatoms. The summed E-state index contributed by atoms with van der Waals surface area (Å²) < 4.78 is 52.3. The van der Waals surface area contributed by atoms with Gasteiger partial charge in [-0.25, -0.2) is 17.6 Å². The minimum atomic E-state index is -1.25. The van der Waals surface area contributed by atoms with Crippen molar-refractivity contribution in [3.05, 3.63) is 64.7 Å². The lowest BCUT2D eigenvalue weighted by atomic mass is 10.1. The first-order chi connectivity index (χ1) is 8.97. The number of halogens is 4. The van der Waals surface area contributed by atoms with Crippen molar-refractivity contribution in [2.45, 2.75) is 13.5 Å². The summed E-state index contributed by atoms with van der Waals surface area (Å²) in [6.45, 7) is 1.74. The van der Waals surface area contributed by atoms with Crippen LogP contribution < -0.4 is 5.32 Å². The highest BCUT2D eigenvalue weighted by molar-refractivity contribution is 5.46. The van der Waals surface area contributed by atoms with Crippen LogP contribution in [0.1, 0.15) is 11.1 Å². The van der Waals surface area contributed by atoms with Crippen LogP contribution in [0.25, 0.3) is 0 Å². The van der Waals surface area contributed by atoms with Gasteiger partial charge < -0.3 is 5.32 Å². The van der Waals surface area contributed by atoms with Crippen molar-refractivity contribution in [1.29, 1.82) is 0 Å². The van der Waals surface area contributed by atoms with Crippen molar-refractivity contribution < 1.29 is 17.6 Å². The van der Waals surface area contributed by atoms with Gasteiger partial charge in [-0.15, -0.1) is 0 Å². The minimum Gasteiger partial charge on any atom is -0.378 e. The summed E-state index contributed by atoms with van der Waals surface area (Å²) in [5, 5.41) is 2.58. The van der Waals surface area contributed by atoms with Crippen LogP contribution in [0.15, 0.2) is 30.3 Å². The summed E-state index contributed by atoms with van der Waals surface area (Å²) in [7, 11) is 0. The molecule has 0 aliphatic carbocycles. The molecule has 1 N–H and O–H groups in total. The van der Waals surface area contributed by atoms with Crippen LogP contribution >= 0.6 is 0 Å².